The average molecular weight is 528 g/mol. The monoisotopic (exact) mass is 527 g/mol. The van der Waals surface area contributed by atoms with Gasteiger partial charge < -0.3 is 19.7 Å². The van der Waals surface area contributed by atoms with Gasteiger partial charge in [-0.05, 0) is 119 Å². The first-order chi connectivity index (χ1) is 18.3. The van der Waals surface area contributed by atoms with Gasteiger partial charge >= 0.3 is 0 Å². The van der Waals surface area contributed by atoms with Crippen molar-refractivity contribution < 1.29 is 4.39 Å². The molecule has 0 unspecified atom stereocenters. The van der Waals surface area contributed by atoms with E-state index < -0.39 is 0 Å². The number of thiocarbonyl (C=S) groups is 1. The van der Waals surface area contributed by atoms with Crippen LogP contribution in [0.25, 0.3) is 5.69 Å². The molecule has 2 aromatic carbocycles. The smallest absolute Gasteiger partial charge is 0.174 e. The lowest BCUT2D eigenvalue weighted by Crippen LogP contribution is -2.29. The van der Waals surface area contributed by atoms with E-state index in [1.165, 1.54) is 11.8 Å². The third-order valence-electron chi connectivity index (χ3n) is 7.54. The van der Waals surface area contributed by atoms with Crippen LogP contribution in [0.4, 0.5) is 15.8 Å². The molecule has 1 saturated heterocycles. The predicted molar refractivity (Wildman–Crippen MR) is 158 cm³/mol. The topological polar surface area (TPSA) is 36.3 Å². The summed E-state index contributed by atoms with van der Waals surface area (Å²) in [6.07, 6.45) is 1.81. The van der Waals surface area contributed by atoms with Gasteiger partial charge in [-0.3, -0.25) is 4.98 Å². The van der Waals surface area contributed by atoms with E-state index in [9.17, 15) is 4.39 Å². The summed E-state index contributed by atoms with van der Waals surface area (Å²) in [5.74, 6) is -0.226. The Morgan fingerprint density at radius 3 is 2.29 bits per heavy atom. The number of anilines is 2. The highest BCUT2D eigenvalue weighted by molar-refractivity contribution is 7.80. The van der Waals surface area contributed by atoms with Gasteiger partial charge in [-0.15, -0.1) is 0 Å². The molecule has 1 aliphatic heterocycles. The molecule has 0 spiro atoms. The van der Waals surface area contributed by atoms with Crippen LogP contribution in [0.5, 0.6) is 0 Å². The first-order valence-corrected chi connectivity index (χ1v) is 13.6. The van der Waals surface area contributed by atoms with Gasteiger partial charge in [0.25, 0.3) is 0 Å². The fraction of sp³-hybridized carbons (Fsp3) is 0.290. The van der Waals surface area contributed by atoms with Crippen molar-refractivity contribution in [2.45, 2.75) is 46.7 Å². The van der Waals surface area contributed by atoms with E-state index in [0.29, 0.717) is 10.7 Å². The molecule has 3 heterocycles. The second-order valence-electron chi connectivity index (χ2n) is 9.78. The number of nitrogens with zero attached hydrogens (tertiary/aromatic N) is 4. The number of pyridine rings is 1. The molecule has 5 rings (SSSR count). The highest BCUT2D eigenvalue weighted by Gasteiger charge is 2.42. The molecule has 2 aromatic heterocycles. The molecule has 0 saturated carbocycles. The van der Waals surface area contributed by atoms with Crippen LogP contribution in [-0.2, 0) is 0 Å². The summed E-state index contributed by atoms with van der Waals surface area (Å²) in [4.78, 5) is 9.12. The number of benzene rings is 2. The molecule has 38 heavy (non-hydrogen) atoms. The summed E-state index contributed by atoms with van der Waals surface area (Å²) >= 11 is 5.87. The molecule has 4 aromatic rings. The minimum Gasteiger partial charge on any atom is -0.372 e. The summed E-state index contributed by atoms with van der Waals surface area (Å²) in [6.45, 7) is 12.4. The molecule has 0 bridgehead atoms. The SMILES string of the molecule is CCN(CC)c1ccc(-n2c(C)cc([C@H]3[C@H](c4ccccn4)NC(=S)N3c3ccc(F)c(C)c3)c2C)cc1. The lowest BCUT2D eigenvalue weighted by atomic mass is 9.96. The number of aromatic nitrogens is 2. The van der Waals surface area contributed by atoms with Crippen LogP contribution in [0.1, 0.15) is 54.1 Å². The fourth-order valence-electron chi connectivity index (χ4n) is 5.61. The Bertz CT molecular complexity index is 1440. The summed E-state index contributed by atoms with van der Waals surface area (Å²) in [5.41, 5.74) is 8.13. The van der Waals surface area contributed by atoms with Crippen molar-refractivity contribution in [3.05, 3.63) is 107 Å². The van der Waals surface area contributed by atoms with E-state index in [2.05, 4.69) is 82.7 Å². The zero-order valence-electron chi connectivity index (χ0n) is 22.6. The minimum absolute atomic E-state index is 0.155. The van der Waals surface area contributed by atoms with Gasteiger partial charge in [0, 0.05) is 47.7 Å². The van der Waals surface area contributed by atoms with Crippen LogP contribution in [0.2, 0.25) is 0 Å². The maximum absolute atomic E-state index is 14.2. The summed E-state index contributed by atoms with van der Waals surface area (Å²) < 4.78 is 16.5. The lowest BCUT2D eigenvalue weighted by Gasteiger charge is -2.28. The third kappa shape index (κ3) is 4.56. The molecule has 196 valence electrons. The van der Waals surface area contributed by atoms with Crippen molar-refractivity contribution in [2.75, 3.05) is 22.9 Å². The lowest BCUT2D eigenvalue weighted by molar-refractivity contribution is 0.564. The second kappa shape index (κ2) is 10.6. The van der Waals surface area contributed by atoms with E-state index in [1.54, 1.807) is 13.0 Å². The molecule has 1 aliphatic rings. The molecular weight excluding hydrogens is 493 g/mol. The molecule has 5 nitrogen and oxygen atoms in total. The first-order valence-electron chi connectivity index (χ1n) is 13.1. The quantitative estimate of drug-likeness (QED) is 0.263. The maximum Gasteiger partial charge on any atom is 0.174 e. The predicted octanol–water partition coefficient (Wildman–Crippen LogP) is 6.96. The normalized spacial score (nSPS) is 17.1. The van der Waals surface area contributed by atoms with Crippen molar-refractivity contribution >= 4 is 28.7 Å². The molecule has 7 heteroatoms. The molecule has 0 aliphatic carbocycles. The van der Waals surface area contributed by atoms with Crippen molar-refractivity contribution in [1.29, 1.82) is 0 Å². The van der Waals surface area contributed by atoms with Gasteiger partial charge in [0.15, 0.2) is 5.11 Å². The molecule has 1 N–H and O–H groups in total. The Balaban J connectivity index is 1.62. The van der Waals surface area contributed by atoms with Gasteiger partial charge in [-0.25, -0.2) is 4.39 Å². The minimum atomic E-state index is -0.226. The second-order valence-corrected chi connectivity index (χ2v) is 10.2. The average Bonchev–Trinajstić information content (AvgIpc) is 3.42. The van der Waals surface area contributed by atoms with Gasteiger partial charge in [0.05, 0.1) is 17.8 Å². The molecular formula is C31H34FN5S. The van der Waals surface area contributed by atoms with Crippen LogP contribution < -0.4 is 15.1 Å². The van der Waals surface area contributed by atoms with E-state index in [4.69, 9.17) is 12.2 Å². The van der Waals surface area contributed by atoms with Crippen LogP contribution in [0.3, 0.4) is 0 Å². The van der Waals surface area contributed by atoms with Crippen molar-refractivity contribution in [2.24, 2.45) is 0 Å². The number of hydrogen-bond donors (Lipinski definition) is 1. The Hall–Kier alpha value is -3.71. The van der Waals surface area contributed by atoms with Crippen molar-refractivity contribution in [3.63, 3.8) is 0 Å². The Kier molecular flexibility index (Phi) is 7.21. The molecule has 0 amide bonds. The van der Waals surface area contributed by atoms with Crippen LogP contribution in [-0.4, -0.2) is 27.8 Å². The zero-order valence-corrected chi connectivity index (χ0v) is 23.4. The van der Waals surface area contributed by atoms with Gasteiger partial charge in [-0.2, -0.15) is 0 Å². The fourth-order valence-corrected chi connectivity index (χ4v) is 5.96. The number of nitrogens with one attached hydrogen (secondary N) is 1. The molecule has 1 fully saturated rings. The summed E-state index contributed by atoms with van der Waals surface area (Å²) in [5, 5.41) is 4.12. The number of halogens is 1. The van der Waals surface area contributed by atoms with Crippen molar-refractivity contribution in [3.8, 4) is 5.69 Å². The van der Waals surface area contributed by atoms with E-state index in [1.807, 2.05) is 30.5 Å². The van der Waals surface area contributed by atoms with Crippen LogP contribution in [0.15, 0.2) is 72.9 Å². The molecule has 2 atom stereocenters. The first kappa shape index (κ1) is 25.9. The maximum atomic E-state index is 14.2. The number of aryl methyl sites for hydroxylation is 2. The van der Waals surface area contributed by atoms with Gasteiger partial charge in [0.1, 0.15) is 5.82 Å². The van der Waals surface area contributed by atoms with Gasteiger partial charge in [-0.1, -0.05) is 6.07 Å². The zero-order chi connectivity index (χ0) is 27.0. The summed E-state index contributed by atoms with van der Waals surface area (Å²) in [6, 6.07) is 21.8. The molecule has 0 radical (unpaired) electrons. The number of rotatable bonds is 7. The largest absolute Gasteiger partial charge is 0.372 e. The van der Waals surface area contributed by atoms with E-state index >= 15 is 0 Å². The van der Waals surface area contributed by atoms with E-state index in [-0.39, 0.29) is 17.9 Å². The Labute approximate surface area is 229 Å². The van der Waals surface area contributed by atoms with Gasteiger partial charge in [0.2, 0.25) is 0 Å². The highest BCUT2D eigenvalue weighted by atomic mass is 32.1. The Morgan fingerprint density at radius 2 is 1.66 bits per heavy atom. The van der Waals surface area contributed by atoms with E-state index in [0.717, 1.165) is 47.1 Å². The van der Waals surface area contributed by atoms with Crippen LogP contribution >= 0.6 is 12.2 Å². The van der Waals surface area contributed by atoms with Crippen molar-refractivity contribution in [1.82, 2.24) is 14.9 Å². The highest BCUT2D eigenvalue weighted by Crippen LogP contribution is 2.44. The Morgan fingerprint density at radius 1 is 0.947 bits per heavy atom. The van der Waals surface area contributed by atoms with Crippen LogP contribution in [0, 0.1) is 26.6 Å². The summed E-state index contributed by atoms with van der Waals surface area (Å²) in [7, 11) is 0. The third-order valence-corrected chi connectivity index (χ3v) is 7.86. The number of hydrogen-bond acceptors (Lipinski definition) is 3. The standard InChI is InChI=1S/C31H34FN5S/c1-6-35(7-2)23-11-13-24(14-12-23)36-21(4)19-26(22(36)5)30-29(28-10-8-9-17-33-28)34-31(38)37(30)25-15-16-27(32)20(3)18-25/h8-19,29-30H,6-7H2,1-5H3,(H,34,38)/t29-,30-/m0/s1.